The standard InChI is InChI=1S/C21H25NO3/c1-14(12-21(2,3)24)22-20(23)25-13-19-17-10-6-4-8-15(17)16-9-5-7-11-18(16)19/h4-11,14,19,24H,12-13H2,1-3H3,(H,22,23). The molecule has 1 unspecified atom stereocenters. The van der Waals surface area contributed by atoms with Crippen LogP contribution in [0.15, 0.2) is 48.5 Å². The fourth-order valence-electron chi connectivity index (χ4n) is 3.64. The van der Waals surface area contributed by atoms with E-state index in [2.05, 4.69) is 29.6 Å². The predicted octanol–water partition coefficient (Wildman–Crippen LogP) is 4.07. The van der Waals surface area contributed by atoms with Gasteiger partial charge in [-0.15, -0.1) is 0 Å². The third kappa shape index (κ3) is 4.02. The van der Waals surface area contributed by atoms with Gasteiger partial charge in [-0.3, -0.25) is 0 Å². The van der Waals surface area contributed by atoms with Crippen LogP contribution in [-0.2, 0) is 4.74 Å². The summed E-state index contributed by atoms with van der Waals surface area (Å²) in [5.74, 6) is 0.0581. The molecule has 0 saturated heterocycles. The first-order valence-electron chi connectivity index (χ1n) is 8.69. The quantitative estimate of drug-likeness (QED) is 0.863. The first-order chi connectivity index (χ1) is 11.8. The highest BCUT2D eigenvalue weighted by Gasteiger charge is 2.29. The Morgan fingerprint density at radius 2 is 1.64 bits per heavy atom. The zero-order chi connectivity index (χ0) is 18.0. The number of hydrogen-bond donors (Lipinski definition) is 2. The van der Waals surface area contributed by atoms with Gasteiger partial charge in [-0.05, 0) is 49.4 Å². The average Bonchev–Trinajstić information content (AvgIpc) is 2.85. The molecule has 2 aromatic rings. The second-order valence-corrected chi connectivity index (χ2v) is 7.39. The first-order valence-corrected chi connectivity index (χ1v) is 8.69. The van der Waals surface area contributed by atoms with Crippen molar-refractivity contribution in [1.29, 1.82) is 0 Å². The van der Waals surface area contributed by atoms with E-state index in [9.17, 15) is 9.90 Å². The Kier molecular flexibility index (Phi) is 4.82. The number of nitrogens with one attached hydrogen (secondary N) is 1. The lowest BCUT2D eigenvalue weighted by atomic mass is 9.98. The molecular formula is C21H25NO3. The number of fused-ring (bicyclic) bond motifs is 3. The zero-order valence-corrected chi connectivity index (χ0v) is 15.0. The van der Waals surface area contributed by atoms with Crippen LogP contribution < -0.4 is 5.32 Å². The highest BCUT2D eigenvalue weighted by molar-refractivity contribution is 5.79. The number of carbonyl (C=O) groups is 1. The topological polar surface area (TPSA) is 58.6 Å². The van der Waals surface area contributed by atoms with Crippen molar-refractivity contribution >= 4 is 6.09 Å². The molecular weight excluding hydrogens is 314 g/mol. The number of benzene rings is 2. The minimum absolute atomic E-state index is 0.0581. The van der Waals surface area contributed by atoms with Gasteiger partial charge in [0.05, 0.1) is 5.60 Å². The molecule has 2 aromatic carbocycles. The summed E-state index contributed by atoms with van der Waals surface area (Å²) < 4.78 is 5.49. The van der Waals surface area contributed by atoms with Gasteiger partial charge in [0.25, 0.3) is 0 Å². The van der Waals surface area contributed by atoms with Gasteiger partial charge in [0, 0.05) is 12.0 Å². The lowest BCUT2D eigenvalue weighted by molar-refractivity contribution is 0.0598. The Morgan fingerprint density at radius 3 is 2.16 bits per heavy atom. The van der Waals surface area contributed by atoms with Crippen LogP contribution in [0.3, 0.4) is 0 Å². The smallest absolute Gasteiger partial charge is 0.407 e. The van der Waals surface area contributed by atoms with E-state index in [-0.39, 0.29) is 12.0 Å². The largest absolute Gasteiger partial charge is 0.449 e. The Labute approximate surface area is 148 Å². The number of alkyl carbamates (subject to hydrolysis) is 1. The molecule has 0 bridgehead atoms. The molecule has 4 heteroatoms. The van der Waals surface area contributed by atoms with Gasteiger partial charge in [0.15, 0.2) is 0 Å². The van der Waals surface area contributed by atoms with Crippen LogP contribution in [0.2, 0.25) is 0 Å². The van der Waals surface area contributed by atoms with E-state index in [0.29, 0.717) is 13.0 Å². The molecule has 4 nitrogen and oxygen atoms in total. The maximum Gasteiger partial charge on any atom is 0.407 e. The molecule has 1 aliphatic carbocycles. The summed E-state index contributed by atoms with van der Waals surface area (Å²) in [6, 6.07) is 16.4. The molecule has 25 heavy (non-hydrogen) atoms. The third-order valence-electron chi connectivity index (χ3n) is 4.51. The molecule has 0 aromatic heterocycles. The van der Waals surface area contributed by atoms with Crippen LogP contribution in [-0.4, -0.2) is 29.4 Å². The molecule has 1 atom stereocenters. The molecule has 3 rings (SSSR count). The summed E-state index contributed by atoms with van der Waals surface area (Å²) in [7, 11) is 0. The van der Waals surface area contributed by atoms with E-state index >= 15 is 0 Å². The first kappa shape index (κ1) is 17.5. The van der Waals surface area contributed by atoms with Crippen LogP contribution in [0, 0.1) is 0 Å². The lowest BCUT2D eigenvalue weighted by Gasteiger charge is -2.23. The third-order valence-corrected chi connectivity index (χ3v) is 4.51. The van der Waals surface area contributed by atoms with E-state index in [0.717, 1.165) is 0 Å². The highest BCUT2D eigenvalue weighted by atomic mass is 16.5. The van der Waals surface area contributed by atoms with Crippen molar-refractivity contribution in [2.45, 2.75) is 44.8 Å². The average molecular weight is 339 g/mol. The van der Waals surface area contributed by atoms with E-state index in [1.54, 1.807) is 13.8 Å². The highest BCUT2D eigenvalue weighted by Crippen LogP contribution is 2.44. The predicted molar refractivity (Wildman–Crippen MR) is 98.6 cm³/mol. The number of hydrogen-bond acceptors (Lipinski definition) is 3. The van der Waals surface area contributed by atoms with Crippen LogP contribution in [0.25, 0.3) is 11.1 Å². The summed E-state index contributed by atoms with van der Waals surface area (Å²) >= 11 is 0. The Bertz CT molecular complexity index is 718. The molecule has 0 saturated carbocycles. The van der Waals surface area contributed by atoms with Gasteiger partial charge < -0.3 is 15.2 Å². The molecule has 0 spiro atoms. The Morgan fingerprint density at radius 1 is 1.12 bits per heavy atom. The number of rotatable bonds is 5. The number of aliphatic hydroxyl groups is 1. The minimum atomic E-state index is -0.823. The van der Waals surface area contributed by atoms with Crippen molar-refractivity contribution in [2.24, 2.45) is 0 Å². The Balaban J connectivity index is 1.66. The van der Waals surface area contributed by atoms with Crippen molar-refractivity contribution < 1.29 is 14.6 Å². The Hall–Kier alpha value is -2.33. The van der Waals surface area contributed by atoms with Crippen LogP contribution in [0.5, 0.6) is 0 Å². The maximum atomic E-state index is 12.1. The van der Waals surface area contributed by atoms with E-state index in [1.165, 1.54) is 22.3 Å². The summed E-state index contributed by atoms with van der Waals surface area (Å²) in [5, 5.41) is 12.6. The summed E-state index contributed by atoms with van der Waals surface area (Å²) in [6.45, 7) is 5.61. The van der Waals surface area contributed by atoms with Gasteiger partial charge in [0.1, 0.15) is 6.61 Å². The molecule has 0 fully saturated rings. The zero-order valence-electron chi connectivity index (χ0n) is 15.0. The van der Waals surface area contributed by atoms with E-state index < -0.39 is 11.7 Å². The fraction of sp³-hybridized carbons (Fsp3) is 0.381. The second kappa shape index (κ2) is 6.89. The summed E-state index contributed by atoms with van der Waals surface area (Å²) in [4.78, 5) is 12.1. The molecule has 1 aliphatic rings. The molecule has 132 valence electrons. The van der Waals surface area contributed by atoms with E-state index in [4.69, 9.17) is 4.74 Å². The van der Waals surface area contributed by atoms with Crippen molar-refractivity contribution in [2.75, 3.05) is 6.61 Å². The van der Waals surface area contributed by atoms with Gasteiger partial charge in [-0.25, -0.2) is 4.79 Å². The summed E-state index contributed by atoms with van der Waals surface area (Å²) in [5.41, 5.74) is 3.99. The van der Waals surface area contributed by atoms with Crippen molar-refractivity contribution in [3.8, 4) is 11.1 Å². The lowest BCUT2D eigenvalue weighted by Crippen LogP contribution is -2.38. The number of amides is 1. The molecule has 0 heterocycles. The normalized spacial score (nSPS) is 14.6. The van der Waals surface area contributed by atoms with Crippen LogP contribution >= 0.6 is 0 Å². The van der Waals surface area contributed by atoms with Crippen molar-refractivity contribution in [3.63, 3.8) is 0 Å². The fourth-order valence-corrected chi connectivity index (χ4v) is 3.64. The van der Waals surface area contributed by atoms with Gasteiger partial charge in [-0.2, -0.15) is 0 Å². The van der Waals surface area contributed by atoms with Crippen molar-refractivity contribution in [3.05, 3.63) is 59.7 Å². The maximum absolute atomic E-state index is 12.1. The molecule has 1 amide bonds. The molecule has 2 N–H and O–H groups in total. The van der Waals surface area contributed by atoms with Crippen molar-refractivity contribution in [1.82, 2.24) is 5.32 Å². The number of ether oxygens (including phenoxy) is 1. The van der Waals surface area contributed by atoms with Gasteiger partial charge in [0.2, 0.25) is 0 Å². The summed E-state index contributed by atoms with van der Waals surface area (Å²) in [6.07, 6.45) is 0.0237. The second-order valence-electron chi connectivity index (χ2n) is 7.39. The van der Waals surface area contributed by atoms with Crippen LogP contribution in [0.1, 0.15) is 44.2 Å². The van der Waals surface area contributed by atoms with Gasteiger partial charge in [-0.1, -0.05) is 48.5 Å². The minimum Gasteiger partial charge on any atom is -0.449 e. The monoisotopic (exact) mass is 339 g/mol. The molecule has 0 aliphatic heterocycles. The SMILES string of the molecule is CC(CC(C)(C)O)NC(=O)OCC1c2ccccc2-c2ccccc21. The van der Waals surface area contributed by atoms with Crippen LogP contribution in [0.4, 0.5) is 4.79 Å². The molecule has 0 radical (unpaired) electrons. The van der Waals surface area contributed by atoms with Gasteiger partial charge >= 0.3 is 6.09 Å². The number of carbonyl (C=O) groups excluding carboxylic acids is 1. The van der Waals surface area contributed by atoms with E-state index in [1.807, 2.05) is 31.2 Å².